The van der Waals surface area contributed by atoms with Crippen LogP contribution in [0.5, 0.6) is 0 Å². The molecule has 2 aromatic rings. The maximum atomic E-state index is 13.5. The normalized spacial score (nSPS) is 10.7. The number of hydrogen-bond acceptors (Lipinski definition) is 2. The molecule has 0 saturated carbocycles. The largest absolute Gasteiger partial charge is 0.331 e. The quantitative estimate of drug-likeness (QED) is 0.526. The van der Waals surface area contributed by atoms with Crippen molar-refractivity contribution < 1.29 is 4.39 Å². The third-order valence-electron chi connectivity index (χ3n) is 2.46. The molecular weight excluding hydrogens is 291 g/mol. The molecule has 0 amide bonds. The van der Waals surface area contributed by atoms with Gasteiger partial charge in [0.05, 0.1) is 21.8 Å². The number of terminal acetylenes is 1. The molecule has 0 aliphatic carbocycles. The number of hydrogen-bond donors (Lipinski definition) is 1. The number of benzene rings is 1. The van der Waals surface area contributed by atoms with Crippen molar-refractivity contribution in [2.24, 2.45) is 0 Å². The van der Waals surface area contributed by atoms with E-state index in [0.29, 0.717) is 17.1 Å². The average molecular weight is 301 g/mol. The Morgan fingerprint density at radius 1 is 1.56 bits per heavy atom. The van der Waals surface area contributed by atoms with Crippen molar-refractivity contribution in [3.05, 3.63) is 27.7 Å². The summed E-state index contributed by atoms with van der Waals surface area (Å²) in [4.78, 5) is 3.01. The second-order valence-corrected chi connectivity index (χ2v) is 5.52. The Kier molecular flexibility index (Phi) is 4.33. The van der Waals surface area contributed by atoms with Crippen molar-refractivity contribution >= 4 is 46.6 Å². The van der Waals surface area contributed by atoms with Crippen molar-refractivity contribution in [3.8, 4) is 12.3 Å². The van der Waals surface area contributed by atoms with E-state index in [1.165, 1.54) is 6.07 Å². The number of nitrogens with zero attached hydrogens (tertiary/aromatic N) is 1. The van der Waals surface area contributed by atoms with Crippen molar-refractivity contribution in [1.29, 1.82) is 0 Å². The van der Waals surface area contributed by atoms with Crippen molar-refractivity contribution in [2.75, 3.05) is 11.5 Å². The molecule has 1 heterocycles. The van der Waals surface area contributed by atoms with Gasteiger partial charge in [-0.25, -0.2) is 4.39 Å². The van der Waals surface area contributed by atoms with Crippen LogP contribution >= 0.6 is 35.6 Å². The van der Waals surface area contributed by atoms with Crippen LogP contribution in [-0.2, 0) is 6.54 Å². The molecule has 2 rings (SSSR count). The minimum Gasteiger partial charge on any atom is -0.331 e. The van der Waals surface area contributed by atoms with E-state index in [1.54, 1.807) is 17.8 Å². The molecular formula is C12H10ClFN2S2. The molecule has 94 valence electrons. The van der Waals surface area contributed by atoms with Gasteiger partial charge in [0, 0.05) is 18.4 Å². The van der Waals surface area contributed by atoms with E-state index in [0.717, 1.165) is 16.8 Å². The molecule has 0 saturated heterocycles. The first-order chi connectivity index (χ1) is 8.63. The summed E-state index contributed by atoms with van der Waals surface area (Å²) in [6.07, 6.45) is 5.18. The summed E-state index contributed by atoms with van der Waals surface area (Å²) in [6, 6.07) is 2.95. The Bertz CT molecular complexity index is 669. The zero-order valence-corrected chi connectivity index (χ0v) is 11.8. The Morgan fingerprint density at radius 2 is 2.33 bits per heavy atom. The Morgan fingerprint density at radius 3 is 3.06 bits per heavy atom. The molecule has 1 aromatic carbocycles. The molecule has 6 heteroatoms. The summed E-state index contributed by atoms with van der Waals surface area (Å²) in [7, 11) is 0. The lowest BCUT2D eigenvalue weighted by Crippen LogP contribution is -2.01. The SMILES string of the molecule is C#CCSCCn1c(=S)[nH]c2cc(Cl)c(F)cc21. The molecule has 0 aliphatic rings. The maximum Gasteiger partial charge on any atom is 0.178 e. The Balaban J connectivity index is 2.32. The van der Waals surface area contributed by atoms with Crippen LogP contribution in [0.15, 0.2) is 12.1 Å². The topological polar surface area (TPSA) is 20.7 Å². The second kappa shape index (κ2) is 5.79. The van der Waals surface area contributed by atoms with Gasteiger partial charge in [0.15, 0.2) is 4.77 Å². The van der Waals surface area contributed by atoms with Gasteiger partial charge in [0.2, 0.25) is 0 Å². The standard InChI is InChI=1S/C12H10ClFN2S2/c1-2-4-18-5-3-16-11-7-9(14)8(13)6-10(11)15-12(16)17/h1,6-7H,3-5H2,(H,15,17). The van der Waals surface area contributed by atoms with Crippen molar-refractivity contribution in [2.45, 2.75) is 6.54 Å². The van der Waals surface area contributed by atoms with Crippen LogP contribution < -0.4 is 0 Å². The Hall–Kier alpha value is -0.960. The molecule has 18 heavy (non-hydrogen) atoms. The number of halogens is 2. The van der Waals surface area contributed by atoms with Gasteiger partial charge in [-0.2, -0.15) is 0 Å². The molecule has 0 spiro atoms. The van der Waals surface area contributed by atoms with Gasteiger partial charge in [0.1, 0.15) is 5.82 Å². The predicted molar refractivity (Wildman–Crippen MR) is 78.2 cm³/mol. The minimum atomic E-state index is -0.441. The third-order valence-corrected chi connectivity index (χ3v) is 3.91. The zero-order valence-electron chi connectivity index (χ0n) is 9.37. The van der Waals surface area contributed by atoms with Gasteiger partial charge >= 0.3 is 0 Å². The summed E-state index contributed by atoms with van der Waals surface area (Å²) >= 11 is 12.6. The first-order valence-electron chi connectivity index (χ1n) is 5.22. The fourth-order valence-corrected chi connectivity index (χ4v) is 2.70. The molecule has 1 N–H and O–H groups in total. The zero-order chi connectivity index (χ0) is 13.1. The second-order valence-electron chi connectivity index (χ2n) is 3.62. The van der Waals surface area contributed by atoms with Gasteiger partial charge in [-0.15, -0.1) is 18.2 Å². The first-order valence-corrected chi connectivity index (χ1v) is 7.16. The lowest BCUT2D eigenvalue weighted by atomic mass is 10.3. The lowest BCUT2D eigenvalue weighted by molar-refractivity contribution is 0.628. The number of rotatable bonds is 4. The van der Waals surface area contributed by atoms with Crippen LogP contribution in [0.4, 0.5) is 4.39 Å². The molecule has 0 unspecified atom stereocenters. The number of fused-ring (bicyclic) bond motifs is 1. The predicted octanol–water partition coefficient (Wildman–Crippen LogP) is 3.86. The molecule has 0 bridgehead atoms. The molecule has 0 atom stereocenters. The highest BCUT2D eigenvalue weighted by Gasteiger charge is 2.08. The summed E-state index contributed by atoms with van der Waals surface area (Å²) in [6.45, 7) is 0.687. The highest BCUT2D eigenvalue weighted by molar-refractivity contribution is 7.99. The third kappa shape index (κ3) is 2.72. The molecule has 1 aromatic heterocycles. The summed E-state index contributed by atoms with van der Waals surface area (Å²) in [5.41, 5.74) is 1.47. The van der Waals surface area contributed by atoms with Gasteiger partial charge in [0.25, 0.3) is 0 Å². The number of H-pyrrole nitrogens is 1. The molecule has 0 fully saturated rings. The van der Waals surface area contributed by atoms with Crippen LogP contribution in [0.25, 0.3) is 11.0 Å². The van der Waals surface area contributed by atoms with Crippen LogP contribution in [0.3, 0.4) is 0 Å². The van der Waals surface area contributed by atoms with E-state index in [4.69, 9.17) is 30.2 Å². The highest BCUT2D eigenvalue weighted by atomic mass is 35.5. The number of thioether (sulfide) groups is 1. The fraction of sp³-hybridized carbons (Fsp3) is 0.250. The summed E-state index contributed by atoms with van der Waals surface area (Å²) in [5.74, 6) is 3.61. The van der Waals surface area contributed by atoms with E-state index in [1.807, 2.05) is 4.57 Å². The van der Waals surface area contributed by atoms with E-state index in [9.17, 15) is 4.39 Å². The van der Waals surface area contributed by atoms with Crippen LogP contribution in [0, 0.1) is 22.9 Å². The van der Waals surface area contributed by atoms with Gasteiger partial charge in [-0.1, -0.05) is 17.5 Å². The van der Waals surface area contributed by atoms with Crippen molar-refractivity contribution in [3.63, 3.8) is 0 Å². The Labute approximate surface area is 119 Å². The summed E-state index contributed by atoms with van der Waals surface area (Å²) in [5, 5.41) is 0.0904. The summed E-state index contributed by atoms with van der Waals surface area (Å²) < 4.78 is 15.9. The number of aryl methyl sites for hydroxylation is 1. The smallest absolute Gasteiger partial charge is 0.178 e. The average Bonchev–Trinajstić information content (AvgIpc) is 2.62. The first kappa shape index (κ1) is 13.5. The van der Waals surface area contributed by atoms with Crippen LogP contribution in [0.1, 0.15) is 0 Å². The highest BCUT2D eigenvalue weighted by Crippen LogP contribution is 2.23. The van der Waals surface area contributed by atoms with Gasteiger partial charge < -0.3 is 9.55 Å². The molecule has 0 aliphatic heterocycles. The monoisotopic (exact) mass is 300 g/mol. The number of aromatic nitrogens is 2. The van der Waals surface area contributed by atoms with Crippen LogP contribution in [0.2, 0.25) is 5.02 Å². The maximum absolute atomic E-state index is 13.5. The van der Waals surface area contributed by atoms with E-state index >= 15 is 0 Å². The van der Waals surface area contributed by atoms with E-state index < -0.39 is 5.82 Å². The van der Waals surface area contributed by atoms with Gasteiger partial charge in [-0.05, 0) is 18.3 Å². The van der Waals surface area contributed by atoms with Crippen LogP contribution in [-0.4, -0.2) is 21.1 Å². The number of aromatic amines is 1. The van der Waals surface area contributed by atoms with Gasteiger partial charge in [-0.3, -0.25) is 0 Å². The molecule has 0 radical (unpaired) electrons. The number of imidazole rings is 1. The van der Waals surface area contributed by atoms with E-state index in [2.05, 4.69) is 10.9 Å². The van der Waals surface area contributed by atoms with E-state index in [-0.39, 0.29) is 5.02 Å². The molecule has 2 nitrogen and oxygen atoms in total. The fourth-order valence-electron chi connectivity index (χ4n) is 1.66. The van der Waals surface area contributed by atoms with Crippen molar-refractivity contribution in [1.82, 2.24) is 9.55 Å². The number of nitrogens with one attached hydrogen (secondary N) is 1. The minimum absolute atomic E-state index is 0.0904. The lowest BCUT2D eigenvalue weighted by Gasteiger charge is -2.03.